The smallest absolute Gasteiger partial charge is 0.264 e. The molecule has 0 fully saturated rings. The first kappa shape index (κ1) is 20.3. The molecular formula is C23H24O4S. The molecule has 4 nitrogen and oxygen atoms in total. The first-order valence-corrected chi connectivity index (χ1v) is 10.6. The van der Waals surface area contributed by atoms with E-state index in [-0.39, 0.29) is 0 Å². The molecule has 5 heteroatoms. The molecule has 0 aliphatic rings. The Morgan fingerprint density at radius 1 is 0.893 bits per heavy atom. The number of hydrogen-bond acceptors (Lipinski definition) is 3. The molecule has 0 saturated carbocycles. The average Bonchev–Trinajstić information content (AvgIpc) is 2.66. The Hall–Kier alpha value is -2.47. The molecule has 0 aromatic heterocycles. The van der Waals surface area contributed by atoms with Crippen LogP contribution in [0, 0.1) is 6.92 Å². The van der Waals surface area contributed by atoms with Gasteiger partial charge >= 0.3 is 10.4 Å². The molecule has 0 spiro atoms. The van der Waals surface area contributed by atoms with Crippen molar-refractivity contribution in [3.63, 3.8) is 0 Å². The van der Waals surface area contributed by atoms with Gasteiger partial charge in [-0.1, -0.05) is 84.4 Å². The van der Waals surface area contributed by atoms with Crippen LogP contribution < -0.4 is 0 Å². The Balaban J connectivity index is 1.88. The Morgan fingerprint density at radius 3 is 2.29 bits per heavy atom. The standard InChI is InChI=1S/C23H24O4S/c1-18-8-7-11-20(16-18)17-21-12-5-6-13-22(21)23(27-28(24,25)26)15-14-19-9-3-2-4-10-19/h2-13,16,23H,14-15,17H2,1H3,(H,24,25,26). The Kier molecular flexibility index (Phi) is 6.62. The predicted molar refractivity (Wildman–Crippen MR) is 111 cm³/mol. The summed E-state index contributed by atoms with van der Waals surface area (Å²) in [6.45, 7) is 2.04. The number of benzene rings is 3. The van der Waals surface area contributed by atoms with Gasteiger partial charge in [-0.25, -0.2) is 4.18 Å². The Morgan fingerprint density at radius 2 is 1.57 bits per heavy atom. The van der Waals surface area contributed by atoms with Crippen molar-refractivity contribution < 1.29 is 17.2 Å². The van der Waals surface area contributed by atoms with Crippen molar-refractivity contribution in [1.82, 2.24) is 0 Å². The van der Waals surface area contributed by atoms with Gasteiger partial charge in [0.15, 0.2) is 0 Å². The summed E-state index contributed by atoms with van der Waals surface area (Å²) in [6.07, 6.45) is 0.986. The van der Waals surface area contributed by atoms with Gasteiger partial charge in [0.25, 0.3) is 0 Å². The summed E-state index contributed by atoms with van der Waals surface area (Å²) in [6, 6.07) is 25.6. The molecule has 0 amide bonds. The van der Waals surface area contributed by atoms with E-state index in [1.807, 2.05) is 79.7 Å². The van der Waals surface area contributed by atoms with Gasteiger partial charge in [-0.3, -0.25) is 4.55 Å². The minimum Gasteiger partial charge on any atom is -0.264 e. The van der Waals surface area contributed by atoms with Crippen molar-refractivity contribution in [2.75, 3.05) is 0 Å². The van der Waals surface area contributed by atoms with Gasteiger partial charge in [-0.05, 0) is 48.4 Å². The quantitative estimate of drug-likeness (QED) is 0.539. The SMILES string of the molecule is Cc1cccc(Cc2ccccc2C(CCc2ccccc2)OS(=O)(=O)O)c1. The third kappa shape index (κ3) is 6.02. The molecule has 0 aliphatic carbocycles. The van der Waals surface area contributed by atoms with Crippen LogP contribution in [0.3, 0.4) is 0 Å². The van der Waals surface area contributed by atoms with E-state index in [0.29, 0.717) is 19.3 Å². The summed E-state index contributed by atoms with van der Waals surface area (Å²) in [7, 11) is -4.57. The molecular weight excluding hydrogens is 372 g/mol. The van der Waals surface area contributed by atoms with Crippen molar-refractivity contribution in [2.24, 2.45) is 0 Å². The second-order valence-corrected chi connectivity index (χ2v) is 7.95. The lowest BCUT2D eigenvalue weighted by molar-refractivity contribution is 0.174. The first-order valence-electron chi connectivity index (χ1n) is 9.24. The normalized spacial score (nSPS) is 12.6. The minimum atomic E-state index is -4.57. The zero-order chi connectivity index (χ0) is 20.0. The summed E-state index contributed by atoms with van der Waals surface area (Å²) >= 11 is 0. The monoisotopic (exact) mass is 396 g/mol. The lowest BCUT2D eigenvalue weighted by Gasteiger charge is -2.20. The maximum Gasteiger partial charge on any atom is 0.397 e. The molecule has 0 radical (unpaired) electrons. The lowest BCUT2D eigenvalue weighted by atomic mass is 9.93. The zero-order valence-corrected chi connectivity index (χ0v) is 16.6. The fraction of sp³-hybridized carbons (Fsp3) is 0.217. The molecule has 3 aromatic carbocycles. The van der Waals surface area contributed by atoms with E-state index >= 15 is 0 Å². The maximum atomic E-state index is 11.5. The van der Waals surface area contributed by atoms with Gasteiger partial charge < -0.3 is 0 Å². The molecule has 3 rings (SSSR count). The Labute approximate surface area is 166 Å². The molecule has 28 heavy (non-hydrogen) atoms. The van der Waals surface area contributed by atoms with Crippen LogP contribution in [0.1, 0.15) is 40.3 Å². The molecule has 0 heterocycles. The summed E-state index contributed by atoms with van der Waals surface area (Å²) in [5, 5.41) is 0. The largest absolute Gasteiger partial charge is 0.397 e. The van der Waals surface area contributed by atoms with Crippen LogP contribution in [0.5, 0.6) is 0 Å². The van der Waals surface area contributed by atoms with Crippen molar-refractivity contribution in [1.29, 1.82) is 0 Å². The molecule has 1 atom stereocenters. The van der Waals surface area contributed by atoms with Gasteiger partial charge in [-0.2, -0.15) is 8.42 Å². The van der Waals surface area contributed by atoms with Crippen LogP contribution >= 0.6 is 0 Å². The highest BCUT2D eigenvalue weighted by Gasteiger charge is 2.22. The summed E-state index contributed by atoms with van der Waals surface area (Å²) in [4.78, 5) is 0. The van der Waals surface area contributed by atoms with Crippen LogP contribution in [0.4, 0.5) is 0 Å². The third-order valence-corrected chi connectivity index (χ3v) is 5.13. The van der Waals surface area contributed by atoms with Gasteiger partial charge in [-0.15, -0.1) is 0 Å². The zero-order valence-electron chi connectivity index (χ0n) is 15.8. The van der Waals surface area contributed by atoms with Crippen LogP contribution in [0.25, 0.3) is 0 Å². The maximum absolute atomic E-state index is 11.5. The third-order valence-electron chi connectivity index (χ3n) is 4.65. The van der Waals surface area contributed by atoms with Gasteiger partial charge in [0.2, 0.25) is 0 Å². The molecule has 0 bridgehead atoms. The fourth-order valence-corrected chi connectivity index (χ4v) is 3.89. The summed E-state index contributed by atoms with van der Waals surface area (Å²) in [5.41, 5.74) is 5.15. The highest BCUT2D eigenvalue weighted by molar-refractivity contribution is 7.80. The van der Waals surface area contributed by atoms with Crippen molar-refractivity contribution >= 4 is 10.4 Å². The molecule has 0 saturated heterocycles. The number of rotatable bonds is 8. The predicted octanol–water partition coefficient (Wildman–Crippen LogP) is 5.08. The van der Waals surface area contributed by atoms with Crippen LogP contribution in [-0.4, -0.2) is 13.0 Å². The first-order chi connectivity index (χ1) is 13.4. The van der Waals surface area contributed by atoms with Crippen LogP contribution in [-0.2, 0) is 27.4 Å². The molecule has 146 valence electrons. The lowest BCUT2D eigenvalue weighted by Crippen LogP contribution is -2.14. The van der Waals surface area contributed by atoms with Crippen molar-refractivity contribution in [2.45, 2.75) is 32.3 Å². The van der Waals surface area contributed by atoms with Crippen LogP contribution in [0.2, 0.25) is 0 Å². The van der Waals surface area contributed by atoms with Crippen molar-refractivity contribution in [3.8, 4) is 0 Å². The topological polar surface area (TPSA) is 63.6 Å². The van der Waals surface area contributed by atoms with E-state index in [0.717, 1.165) is 22.3 Å². The second kappa shape index (κ2) is 9.15. The minimum absolute atomic E-state index is 0.439. The number of hydrogen-bond donors (Lipinski definition) is 1. The molecule has 1 unspecified atom stereocenters. The Bertz CT molecular complexity index is 1010. The highest BCUT2D eigenvalue weighted by atomic mass is 32.3. The molecule has 1 N–H and O–H groups in total. The highest BCUT2D eigenvalue weighted by Crippen LogP contribution is 2.29. The van der Waals surface area contributed by atoms with Gasteiger partial charge in [0.1, 0.15) is 6.10 Å². The van der Waals surface area contributed by atoms with Gasteiger partial charge in [0.05, 0.1) is 0 Å². The molecule has 0 aliphatic heterocycles. The van der Waals surface area contributed by atoms with E-state index in [4.69, 9.17) is 4.18 Å². The van der Waals surface area contributed by atoms with Crippen molar-refractivity contribution in [3.05, 3.63) is 107 Å². The second-order valence-electron chi connectivity index (χ2n) is 6.90. The molecule has 3 aromatic rings. The summed E-state index contributed by atoms with van der Waals surface area (Å²) < 4.78 is 37.3. The van der Waals surface area contributed by atoms with E-state index < -0.39 is 16.5 Å². The van der Waals surface area contributed by atoms with E-state index in [1.165, 1.54) is 5.56 Å². The van der Waals surface area contributed by atoms with E-state index in [1.54, 1.807) is 0 Å². The number of aryl methyl sites for hydroxylation is 2. The average molecular weight is 397 g/mol. The van der Waals surface area contributed by atoms with E-state index in [2.05, 4.69) is 6.07 Å². The van der Waals surface area contributed by atoms with Gasteiger partial charge in [0, 0.05) is 0 Å². The summed E-state index contributed by atoms with van der Waals surface area (Å²) in [5.74, 6) is 0. The van der Waals surface area contributed by atoms with E-state index in [9.17, 15) is 13.0 Å². The van der Waals surface area contributed by atoms with Crippen LogP contribution in [0.15, 0.2) is 78.9 Å². The fourth-order valence-electron chi connectivity index (χ4n) is 3.40.